The van der Waals surface area contributed by atoms with Crippen LogP contribution in [-0.4, -0.2) is 37.7 Å². The quantitative estimate of drug-likeness (QED) is 0.873. The molecule has 1 atom stereocenters. The summed E-state index contributed by atoms with van der Waals surface area (Å²) >= 11 is 0. The van der Waals surface area contributed by atoms with Crippen LogP contribution in [0, 0.1) is 11.3 Å². The monoisotopic (exact) mass is 287 g/mol. The Hall–Kier alpha value is -1.57. The Bertz CT molecular complexity index is 489. The van der Waals surface area contributed by atoms with Crippen molar-refractivity contribution in [1.29, 1.82) is 5.26 Å². The molecule has 1 aromatic carbocycles. The third kappa shape index (κ3) is 4.45. The number of methoxy groups -OCH3 is 1. The first-order chi connectivity index (χ1) is 10.2. The van der Waals surface area contributed by atoms with E-state index in [4.69, 9.17) is 10.00 Å². The molecule has 1 aliphatic heterocycles. The standard InChI is InChI=1S/C17H25N3O/c1-14(20-8-4-3-5-9-20)12-19-13-16-10-15(11-18)6-7-17(16)21-2/h6-7,10,14,19H,3-5,8-9,12-13H2,1-2H3. The minimum atomic E-state index is 0.551. The number of nitrogens with one attached hydrogen (secondary N) is 1. The van der Waals surface area contributed by atoms with Gasteiger partial charge in [-0.15, -0.1) is 0 Å². The first-order valence-electron chi connectivity index (χ1n) is 7.76. The smallest absolute Gasteiger partial charge is 0.123 e. The summed E-state index contributed by atoms with van der Waals surface area (Å²) in [5.41, 5.74) is 1.72. The third-order valence-electron chi connectivity index (χ3n) is 4.18. The molecule has 1 N–H and O–H groups in total. The lowest BCUT2D eigenvalue weighted by Crippen LogP contribution is -2.42. The zero-order chi connectivity index (χ0) is 15.1. The Morgan fingerprint density at radius 3 is 2.76 bits per heavy atom. The molecule has 0 aliphatic carbocycles. The van der Waals surface area contributed by atoms with E-state index in [1.807, 2.05) is 12.1 Å². The lowest BCUT2D eigenvalue weighted by atomic mass is 10.1. The molecule has 1 saturated heterocycles. The molecule has 4 nitrogen and oxygen atoms in total. The summed E-state index contributed by atoms with van der Waals surface area (Å²) in [7, 11) is 1.67. The summed E-state index contributed by atoms with van der Waals surface area (Å²) < 4.78 is 5.36. The Morgan fingerprint density at radius 2 is 2.10 bits per heavy atom. The highest BCUT2D eigenvalue weighted by atomic mass is 16.5. The van der Waals surface area contributed by atoms with Gasteiger partial charge in [0, 0.05) is 24.7 Å². The van der Waals surface area contributed by atoms with E-state index in [0.717, 1.165) is 24.4 Å². The molecule has 21 heavy (non-hydrogen) atoms. The maximum Gasteiger partial charge on any atom is 0.123 e. The van der Waals surface area contributed by atoms with Crippen LogP contribution >= 0.6 is 0 Å². The molecule has 2 rings (SSSR count). The van der Waals surface area contributed by atoms with Crippen molar-refractivity contribution in [3.63, 3.8) is 0 Å². The van der Waals surface area contributed by atoms with Crippen LogP contribution in [0.4, 0.5) is 0 Å². The summed E-state index contributed by atoms with van der Waals surface area (Å²) in [6.07, 6.45) is 4.01. The lowest BCUT2D eigenvalue weighted by Gasteiger charge is -2.32. The number of ether oxygens (including phenoxy) is 1. The fourth-order valence-electron chi connectivity index (χ4n) is 2.89. The molecule has 4 heteroatoms. The number of benzene rings is 1. The van der Waals surface area contributed by atoms with Crippen LogP contribution in [-0.2, 0) is 6.54 Å². The third-order valence-corrected chi connectivity index (χ3v) is 4.18. The molecular formula is C17H25N3O. The maximum absolute atomic E-state index is 8.99. The molecule has 0 amide bonds. The van der Waals surface area contributed by atoms with Gasteiger partial charge in [-0.25, -0.2) is 0 Å². The van der Waals surface area contributed by atoms with Crippen LogP contribution in [0.15, 0.2) is 18.2 Å². The van der Waals surface area contributed by atoms with Crippen molar-refractivity contribution in [3.8, 4) is 11.8 Å². The van der Waals surface area contributed by atoms with Crippen LogP contribution in [0.25, 0.3) is 0 Å². The predicted octanol–water partition coefficient (Wildman–Crippen LogP) is 2.53. The normalized spacial score (nSPS) is 17.2. The number of hydrogen-bond acceptors (Lipinski definition) is 4. The Labute approximate surface area is 127 Å². The number of piperidine rings is 1. The highest BCUT2D eigenvalue weighted by Gasteiger charge is 2.16. The van der Waals surface area contributed by atoms with E-state index in [2.05, 4.69) is 23.2 Å². The minimum absolute atomic E-state index is 0.551. The fraction of sp³-hybridized carbons (Fsp3) is 0.588. The molecule has 114 valence electrons. The molecule has 0 aromatic heterocycles. The molecule has 1 heterocycles. The number of rotatable bonds is 6. The first-order valence-corrected chi connectivity index (χ1v) is 7.76. The van der Waals surface area contributed by atoms with E-state index in [0.29, 0.717) is 11.6 Å². The van der Waals surface area contributed by atoms with Crippen molar-refractivity contribution in [1.82, 2.24) is 10.2 Å². The van der Waals surface area contributed by atoms with E-state index >= 15 is 0 Å². The van der Waals surface area contributed by atoms with Gasteiger partial charge in [-0.1, -0.05) is 6.42 Å². The summed E-state index contributed by atoms with van der Waals surface area (Å²) in [4.78, 5) is 2.55. The molecule has 0 radical (unpaired) electrons. The largest absolute Gasteiger partial charge is 0.496 e. The molecule has 1 fully saturated rings. The number of nitriles is 1. The van der Waals surface area contributed by atoms with Crippen LogP contribution in [0.1, 0.15) is 37.3 Å². The molecule has 0 spiro atoms. The minimum Gasteiger partial charge on any atom is -0.496 e. The molecule has 1 aromatic rings. The van der Waals surface area contributed by atoms with Gasteiger partial charge in [0.1, 0.15) is 5.75 Å². The van der Waals surface area contributed by atoms with E-state index in [1.54, 1.807) is 13.2 Å². The van der Waals surface area contributed by atoms with Gasteiger partial charge in [0.2, 0.25) is 0 Å². The highest BCUT2D eigenvalue weighted by Crippen LogP contribution is 2.19. The summed E-state index contributed by atoms with van der Waals surface area (Å²) in [6, 6.07) is 8.28. The molecule has 1 unspecified atom stereocenters. The Morgan fingerprint density at radius 1 is 1.33 bits per heavy atom. The average Bonchev–Trinajstić information content (AvgIpc) is 2.55. The van der Waals surface area contributed by atoms with Gasteiger partial charge in [0.15, 0.2) is 0 Å². The second kappa shape index (κ2) is 8.02. The van der Waals surface area contributed by atoms with Crippen molar-refractivity contribution in [3.05, 3.63) is 29.3 Å². The van der Waals surface area contributed by atoms with E-state index in [-0.39, 0.29) is 0 Å². The molecular weight excluding hydrogens is 262 g/mol. The van der Waals surface area contributed by atoms with Gasteiger partial charge in [0.05, 0.1) is 18.7 Å². The van der Waals surface area contributed by atoms with E-state index in [1.165, 1.54) is 32.4 Å². The van der Waals surface area contributed by atoms with E-state index in [9.17, 15) is 0 Å². The van der Waals surface area contributed by atoms with Gasteiger partial charge in [-0.2, -0.15) is 5.26 Å². The van der Waals surface area contributed by atoms with E-state index < -0.39 is 0 Å². The SMILES string of the molecule is COc1ccc(C#N)cc1CNCC(C)N1CCCCC1. The average molecular weight is 287 g/mol. The Balaban J connectivity index is 1.86. The Kier molecular flexibility index (Phi) is 6.04. The second-order valence-corrected chi connectivity index (χ2v) is 5.71. The second-order valence-electron chi connectivity index (χ2n) is 5.71. The molecule has 1 aliphatic rings. The number of likely N-dealkylation sites (tertiary alicyclic amines) is 1. The van der Waals surface area contributed by atoms with Gasteiger partial charge in [-0.05, 0) is 51.1 Å². The first kappa shape index (κ1) is 15.8. The van der Waals surface area contributed by atoms with Crippen molar-refractivity contribution in [2.24, 2.45) is 0 Å². The van der Waals surface area contributed by atoms with Crippen molar-refractivity contribution in [2.45, 2.75) is 38.8 Å². The van der Waals surface area contributed by atoms with Gasteiger partial charge in [0.25, 0.3) is 0 Å². The maximum atomic E-state index is 8.99. The number of hydrogen-bond donors (Lipinski definition) is 1. The fourth-order valence-corrected chi connectivity index (χ4v) is 2.89. The molecule has 0 saturated carbocycles. The van der Waals surface area contributed by atoms with Crippen molar-refractivity contribution in [2.75, 3.05) is 26.7 Å². The van der Waals surface area contributed by atoms with Crippen LogP contribution in [0.2, 0.25) is 0 Å². The van der Waals surface area contributed by atoms with Crippen LogP contribution < -0.4 is 10.1 Å². The van der Waals surface area contributed by atoms with Gasteiger partial charge < -0.3 is 10.1 Å². The summed E-state index contributed by atoms with van der Waals surface area (Å²) in [6.45, 7) is 6.41. The molecule has 0 bridgehead atoms. The zero-order valence-electron chi connectivity index (χ0n) is 13.1. The van der Waals surface area contributed by atoms with Gasteiger partial charge in [-0.3, -0.25) is 4.90 Å². The van der Waals surface area contributed by atoms with Crippen LogP contribution in [0.3, 0.4) is 0 Å². The number of nitrogens with zero attached hydrogens (tertiary/aromatic N) is 2. The topological polar surface area (TPSA) is 48.3 Å². The van der Waals surface area contributed by atoms with Crippen molar-refractivity contribution < 1.29 is 4.74 Å². The highest BCUT2D eigenvalue weighted by molar-refractivity contribution is 5.41. The van der Waals surface area contributed by atoms with Crippen molar-refractivity contribution >= 4 is 0 Å². The summed E-state index contributed by atoms with van der Waals surface area (Å²) in [5.74, 6) is 0.840. The zero-order valence-corrected chi connectivity index (χ0v) is 13.1. The lowest BCUT2D eigenvalue weighted by molar-refractivity contribution is 0.170. The predicted molar refractivity (Wildman–Crippen MR) is 84.3 cm³/mol. The summed E-state index contributed by atoms with van der Waals surface area (Å²) in [5, 5.41) is 12.5. The van der Waals surface area contributed by atoms with Gasteiger partial charge >= 0.3 is 0 Å². The van der Waals surface area contributed by atoms with Crippen LogP contribution in [0.5, 0.6) is 5.75 Å².